The lowest BCUT2D eigenvalue weighted by molar-refractivity contribution is 0.425. The molecule has 0 saturated heterocycles. The van der Waals surface area contributed by atoms with Crippen LogP contribution >= 0.6 is 11.3 Å². The Morgan fingerprint density at radius 3 is 2.24 bits per heavy atom. The van der Waals surface area contributed by atoms with Gasteiger partial charge in [0.1, 0.15) is 10.3 Å². The van der Waals surface area contributed by atoms with Crippen LogP contribution in [0, 0.1) is 5.92 Å². The van der Waals surface area contributed by atoms with Gasteiger partial charge in [-0.2, -0.15) is 0 Å². The smallest absolute Gasteiger partial charge is 0.156 e. The van der Waals surface area contributed by atoms with Crippen LogP contribution in [-0.4, -0.2) is 25.2 Å². The third-order valence-electron chi connectivity index (χ3n) is 3.17. The lowest BCUT2D eigenvalue weighted by atomic mass is 10.1. The van der Waals surface area contributed by atoms with Gasteiger partial charge < -0.3 is 5.32 Å². The molecular weight excluding hydrogens is 304 g/mol. The number of hydrogen-bond donors (Lipinski definition) is 1. The molecule has 0 aliphatic heterocycles. The van der Waals surface area contributed by atoms with Crippen LogP contribution in [0.25, 0.3) is 0 Å². The van der Waals surface area contributed by atoms with Gasteiger partial charge >= 0.3 is 0 Å². The fourth-order valence-electron chi connectivity index (χ4n) is 1.79. The maximum Gasteiger partial charge on any atom is 0.156 e. The highest BCUT2D eigenvalue weighted by atomic mass is 32.2. The number of nitrogens with one attached hydrogen (secondary N) is 1. The van der Waals surface area contributed by atoms with Crippen LogP contribution in [0.1, 0.15) is 62.4 Å². The molecule has 1 aromatic heterocycles. The molecule has 0 amide bonds. The van der Waals surface area contributed by atoms with Crippen molar-refractivity contribution in [2.24, 2.45) is 5.92 Å². The van der Waals surface area contributed by atoms with Crippen molar-refractivity contribution in [2.45, 2.75) is 65.3 Å². The van der Waals surface area contributed by atoms with Crippen molar-refractivity contribution in [1.29, 1.82) is 0 Å². The molecule has 1 N–H and O–H groups in total. The molecule has 1 unspecified atom stereocenters. The Balaban J connectivity index is 3.07. The van der Waals surface area contributed by atoms with Gasteiger partial charge in [0.25, 0.3) is 0 Å². The molecule has 1 rings (SSSR count). The molecule has 0 bridgehead atoms. The van der Waals surface area contributed by atoms with E-state index in [2.05, 4.69) is 44.9 Å². The summed E-state index contributed by atoms with van der Waals surface area (Å²) < 4.78 is 23.5. The van der Waals surface area contributed by atoms with Gasteiger partial charge in [-0.1, -0.05) is 13.8 Å². The molecule has 1 atom stereocenters. The predicted octanol–water partition coefficient (Wildman–Crippen LogP) is 3.34. The topological polar surface area (TPSA) is 59.1 Å². The first-order chi connectivity index (χ1) is 9.40. The largest absolute Gasteiger partial charge is 0.307 e. The van der Waals surface area contributed by atoms with Crippen molar-refractivity contribution in [1.82, 2.24) is 10.3 Å². The molecular formula is C15H28N2O2S2. The maximum absolute atomic E-state index is 11.7. The van der Waals surface area contributed by atoms with E-state index in [0.717, 1.165) is 23.5 Å². The van der Waals surface area contributed by atoms with E-state index in [1.54, 1.807) is 6.92 Å². The van der Waals surface area contributed by atoms with Gasteiger partial charge in [0, 0.05) is 23.2 Å². The number of hydrogen-bond acceptors (Lipinski definition) is 5. The monoisotopic (exact) mass is 332 g/mol. The van der Waals surface area contributed by atoms with Crippen LogP contribution in [0.4, 0.5) is 0 Å². The summed E-state index contributed by atoms with van der Waals surface area (Å²) in [5.74, 6) is 0.502. The average molecular weight is 333 g/mol. The molecule has 4 nitrogen and oxygen atoms in total. The molecule has 0 radical (unpaired) electrons. The normalized spacial score (nSPS) is 14.7. The molecule has 0 aliphatic rings. The lowest BCUT2D eigenvalue weighted by Gasteiger charge is -2.20. The van der Waals surface area contributed by atoms with E-state index < -0.39 is 15.1 Å². The number of sulfone groups is 1. The Labute approximate surface area is 133 Å². The SMILES string of the molecule is CC(C)Cc1nc(C(C)S(C)(=O)=O)sc1CNC(C)(C)C. The number of thiazole rings is 1. The lowest BCUT2D eigenvalue weighted by Crippen LogP contribution is -2.35. The predicted molar refractivity (Wildman–Crippen MR) is 90.5 cm³/mol. The summed E-state index contributed by atoms with van der Waals surface area (Å²) in [5, 5.41) is 3.64. The van der Waals surface area contributed by atoms with Crippen LogP contribution in [0.5, 0.6) is 0 Å². The highest BCUT2D eigenvalue weighted by Crippen LogP contribution is 2.30. The van der Waals surface area contributed by atoms with Crippen LogP contribution in [0.2, 0.25) is 0 Å². The van der Waals surface area contributed by atoms with Crippen LogP contribution in [0.3, 0.4) is 0 Å². The minimum atomic E-state index is -3.10. The van der Waals surface area contributed by atoms with E-state index in [0.29, 0.717) is 10.9 Å². The van der Waals surface area contributed by atoms with Crippen LogP contribution in [-0.2, 0) is 22.8 Å². The summed E-state index contributed by atoms with van der Waals surface area (Å²) in [6.07, 6.45) is 2.16. The quantitative estimate of drug-likeness (QED) is 0.868. The second-order valence-corrected chi connectivity index (χ2v) is 10.6. The second-order valence-electron chi connectivity index (χ2n) is 7.10. The van der Waals surface area contributed by atoms with E-state index in [-0.39, 0.29) is 5.54 Å². The minimum absolute atomic E-state index is 0.0295. The fourth-order valence-corrected chi connectivity index (χ4v) is 3.84. The summed E-state index contributed by atoms with van der Waals surface area (Å²) >= 11 is 1.52. The van der Waals surface area contributed by atoms with E-state index >= 15 is 0 Å². The molecule has 0 fully saturated rings. The maximum atomic E-state index is 11.7. The van der Waals surface area contributed by atoms with Gasteiger partial charge in [-0.05, 0) is 40.0 Å². The average Bonchev–Trinajstić information content (AvgIpc) is 2.65. The summed E-state index contributed by atoms with van der Waals surface area (Å²) in [6.45, 7) is 13.1. The van der Waals surface area contributed by atoms with Crippen LogP contribution in [0.15, 0.2) is 0 Å². The van der Waals surface area contributed by atoms with Gasteiger partial charge in [0.2, 0.25) is 0 Å². The zero-order valence-corrected chi connectivity index (χ0v) is 15.8. The summed E-state index contributed by atoms with van der Waals surface area (Å²) in [7, 11) is -3.10. The van der Waals surface area contributed by atoms with Crippen LogP contribution < -0.4 is 5.32 Å². The Bertz CT molecular complexity index is 569. The highest BCUT2D eigenvalue weighted by Gasteiger charge is 2.24. The van der Waals surface area contributed by atoms with E-state index in [9.17, 15) is 8.42 Å². The molecule has 21 heavy (non-hydrogen) atoms. The van der Waals surface area contributed by atoms with Gasteiger partial charge in [-0.25, -0.2) is 13.4 Å². The van der Waals surface area contributed by atoms with Crippen molar-refractivity contribution >= 4 is 21.2 Å². The number of rotatable bonds is 6. The zero-order valence-electron chi connectivity index (χ0n) is 14.1. The Morgan fingerprint density at radius 2 is 1.81 bits per heavy atom. The van der Waals surface area contributed by atoms with Gasteiger partial charge in [0.05, 0.1) is 5.69 Å². The first-order valence-electron chi connectivity index (χ1n) is 7.32. The van der Waals surface area contributed by atoms with Gasteiger partial charge in [-0.3, -0.25) is 0 Å². The van der Waals surface area contributed by atoms with Crippen molar-refractivity contribution in [3.63, 3.8) is 0 Å². The zero-order chi connectivity index (χ0) is 16.4. The number of aromatic nitrogens is 1. The minimum Gasteiger partial charge on any atom is -0.307 e. The Morgan fingerprint density at radius 1 is 1.24 bits per heavy atom. The molecule has 0 aromatic carbocycles. The Hall–Kier alpha value is -0.460. The standard InChI is InChI=1S/C15H28N2O2S2/c1-10(2)8-12-13(9-16-15(4,5)6)20-14(17-12)11(3)21(7,18)19/h10-11,16H,8-9H2,1-7H3. The molecule has 0 aliphatic carbocycles. The highest BCUT2D eigenvalue weighted by molar-refractivity contribution is 7.91. The molecule has 122 valence electrons. The molecule has 1 aromatic rings. The Kier molecular flexibility index (Phi) is 5.98. The first kappa shape index (κ1) is 18.6. The van der Waals surface area contributed by atoms with Crippen molar-refractivity contribution < 1.29 is 8.42 Å². The molecule has 0 spiro atoms. The van der Waals surface area contributed by atoms with Gasteiger partial charge in [-0.15, -0.1) is 11.3 Å². The molecule has 6 heteroatoms. The second kappa shape index (κ2) is 6.75. The van der Waals surface area contributed by atoms with Crippen molar-refractivity contribution in [3.05, 3.63) is 15.6 Å². The summed E-state index contributed by atoms with van der Waals surface area (Å²) in [4.78, 5) is 5.77. The molecule has 1 heterocycles. The van der Waals surface area contributed by atoms with Gasteiger partial charge in [0.15, 0.2) is 9.84 Å². The third kappa shape index (κ3) is 6.04. The third-order valence-corrected chi connectivity index (χ3v) is 6.10. The van der Waals surface area contributed by atoms with E-state index in [1.165, 1.54) is 17.6 Å². The number of nitrogens with zero attached hydrogens (tertiary/aromatic N) is 1. The van der Waals surface area contributed by atoms with Crippen molar-refractivity contribution in [3.8, 4) is 0 Å². The summed E-state index contributed by atoms with van der Waals surface area (Å²) in [6, 6.07) is 0. The van der Waals surface area contributed by atoms with Crippen molar-refractivity contribution in [2.75, 3.05) is 6.26 Å². The van der Waals surface area contributed by atoms with E-state index in [1.807, 2.05) is 0 Å². The molecule has 0 saturated carbocycles. The first-order valence-corrected chi connectivity index (χ1v) is 10.1. The fraction of sp³-hybridized carbons (Fsp3) is 0.800. The summed E-state index contributed by atoms with van der Waals surface area (Å²) in [5.41, 5.74) is 1.07. The van der Waals surface area contributed by atoms with E-state index in [4.69, 9.17) is 0 Å².